The van der Waals surface area contributed by atoms with E-state index in [1.54, 1.807) is 18.2 Å². The number of benzene rings is 1. The molecule has 1 fully saturated rings. The van der Waals surface area contributed by atoms with Crippen molar-refractivity contribution in [3.05, 3.63) is 28.2 Å². The number of Topliss-reactive ketones (excluding diaryl/α,β-unsaturated/α-hetero) is 1. The highest BCUT2D eigenvalue weighted by molar-refractivity contribution is 6.34. The molecule has 1 aromatic rings. The van der Waals surface area contributed by atoms with E-state index in [9.17, 15) is 4.79 Å². The molecule has 0 spiro atoms. The van der Waals surface area contributed by atoms with Crippen LogP contribution in [-0.2, 0) is 4.79 Å². The second-order valence-corrected chi connectivity index (χ2v) is 5.42. The fourth-order valence-electron chi connectivity index (χ4n) is 1.99. The van der Waals surface area contributed by atoms with Crippen molar-refractivity contribution in [2.24, 2.45) is 5.41 Å². The van der Waals surface area contributed by atoms with Crippen LogP contribution >= 0.6 is 23.2 Å². The highest BCUT2D eigenvalue weighted by Gasteiger charge is 2.51. The minimum atomic E-state index is -0.383. The van der Waals surface area contributed by atoms with E-state index in [2.05, 4.69) is 0 Å². The van der Waals surface area contributed by atoms with Gasteiger partial charge < -0.3 is 4.74 Å². The number of carbonyl (C=O) groups is 1. The van der Waals surface area contributed by atoms with Gasteiger partial charge in [-0.05, 0) is 25.5 Å². The molecule has 1 aliphatic rings. The van der Waals surface area contributed by atoms with E-state index in [1.807, 2.05) is 13.8 Å². The maximum atomic E-state index is 11.6. The van der Waals surface area contributed by atoms with E-state index in [0.29, 0.717) is 22.2 Å². The Labute approximate surface area is 111 Å². The third-order valence-corrected chi connectivity index (χ3v) is 4.16. The Bertz CT molecular complexity index is 459. The lowest BCUT2D eigenvalue weighted by Gasteiger charge is -2.44. The third-order valence-electron chi connectivity index (χ3n) is 3.62. The number of rotatable bonds is 3. The molecule has 17 heavy (non-hydrogen) atoms. The molecule has 1 aromatic carbocycles. The third kappa shape index (κ3) is 2.16. The molecule has 0 aromatic heterocycles. The van der Waals surface area contributed by atoms with Crippen molar-refractivity contribution in [3.8, 4) is 5.75 Å². The van der Waals surface area contributed by atoms with Crippen molar-refractivity contribution in [2.75, 3.05) is 0 Å². The number of halogens is 2. The predicted molar refractivity (Wildman–Crippen MR) is 68.9 cm³/mol. The van der Waals surface area contributed by atoms with Gasteiger partial charge >= 0.3 is 0 Å². The van der Waals surface area contributed by atoms with Crippen LogP contribution in [0.2, 0.25) is 10.0 Å². The maximum absolute atomic E-state index is 11.6. The minimum Gasteiger partial charge on any atom is -0.487 e. The first-order chi connectivity index (χ1) is 7.97. The van der Waals surface area contributed by atoms with Gasteiger partial charge in [0.2, 0.25) is 0 Å². The molecule has 0 aliphatic heterocycles. The lowest BCUT2D eigenvalue weighted by molar-refractivity contribution is -0.150. The molecule has 0 amide bonds. The van der Waals surface area contributed by atoms with Crippen LogP contribution in [0.25, 0.3) is 0 Å². The van der Waals surface area contributed by atoms with Crippen molar-refractivity contribution in [1.82, 2.24) is 0 Å². The second-order valence-electron chi connectivity index (χ2n) is 4.58. The summed E-state index contributed by atoms with van der Waals surface area (Å²) < 4.78 is 5.80. The Kier molecular flexibility index (Phi) is 3.37. The van der Waals surface area contributed by atoms with E-state index < -0.39 is 0 Å². The first-order valence-electron chi connectivity index (χ1n) is 5.62. The van der Waals surface area contributed by atoms with E-state index in [1.165, 1.54) is 0 Å². The summed E-state index contributed by atoms with van der Waals surface area (Å²) in [6, 6.07) is 5.09. The first kappa shape index (κ1) is 12.7. The zero-order valence-electron chi connectivity index (χ0n) is 9.80. The molecule has 2 atom stereocenters. The summed E-state index contributed by atoms with van der Waals surface area (Å²) in [6.45, 7) is 3.93. The molecule has 4 heteroatoms. The summed E-state index contributed by atoms with van der Waals surface area (Å²) in [5, 5.41) is 1.10. The molecule has 1 saturated carbocycles. The number of hydrogen-bond donors (Lipinski definition) is 0. The van der Waals surface area contributed by atoms with Gasteiger partial charge in [-0.3, -0.25) is 4.79 Å². The quantitative estimate of drug-likeness (QED) is 0.827. The van der Waals surface area contributed by atoms with Crippen molar-refractivity contribution >= 4 is 29.0 Å². The van der Waals surface area contributed by atoms with Gasteiger partial charge in [0.15, 0.2) is 0 Å². The van der Waals surface area contributed by atoms with E-state index in [0.717, 1.165) is 6.42 Å². The maximum Gasteiger partial charge on any atom is 0.146 e. The van der Waals surface area contributed by atoms with Gasteiger partial charge in [-0.15, -0.1) is 0 Å². The Morgan fingerprint density at radius 2 is 2.18 bits per heavy atom. The summed E-state index contributed by atoms with van der Waals surface area (Å²) >= 11 is 11.9. The largest absolute Gasteiger partial charge is 0.487 e. The van der Waals surface area contributed by atoms with Crippen LogP contribution in [0.4, 0.5) is 0 Å². The molecule has 2 rings (SSSR count). The first-order valence-corrected chi connectivity index (χ1v) is 6.38. The topological polar surface area (TPSA) is 26.3 Å². The lowest BCUT2D eigenvalue weighted by Crippen LogP contribution is -2.54. The number of carbonyl (C=O) groups excluding carboxylic acids is 1. The summed E-state index contributed by atoms with van der Waals surface area (Å²) in [4.78, 5) is 11.6. The number of ether oxygens (including phenoxy) is 1. The SMILES string of the molecule is CCC1(C)C(=O)CC1Oc1cc(Cl)ccc1Cl. The normalized spacial score (nSPS) is 27.8. The zero-order chi connectivity index (χ0) is 12.6. The monoisotopic (exact) mass is 272 g/mol. The predicted octanol–water partition coefficient (Wildman–Crippen LogP) is 4.13. The molecule has 0 bridgehead atoms. The molecular weight excluding hydrogens is 259 g/mol. The Hall–Kier alpha value is -0.730. The van der Waals surface area contributed by atoms with Crippen LogP contribution < -0.4 is 4.74 Å². The Morgan fingerprint density at radius 1 is 1.47 bits per heavy atom. The second kappa shape index (κ2) is 4.51. The molecule has 0 radical (unpaired) electrons. The summed E-state index contributed by atoms with van der Waals surface area (Å²) in [7, 11) is 0. The van der Waals surface area contributed by atoms with Crippen molar-refractivity contribution in [3.63, 3.8) is 0 Å². The standard InChI is InChI=1S/C13H14Cl2O2/c1-3-13(2)11(16)7-12(13)17-10-6-8(14)4-5-9(10)15/h4-6,12H,3,7H2,1-2H3. The van der Waals surface area contributed by atoms with Gasteiger partial charge in [0.05, 0.1) is 10.4 Å². The molecule has 2 unspecified atom stereocenters. The molecule has 0 heterocycles. The van der Waals surface area contributed by atoms with Gasteiger partial charge in [-0.25, -0.2) is 0 Å². The fourth-order valence-corrected chi connectivity index (χ4v) is 2.32. The highest BCUT2D eigenvalue weighted by atomic mass is 35.5. The summed E-state index contributed by atoms with van der Waals surface area (Å²) in [5.74, 6) is 0.805. The molecular formula is C13H14Cl2O2. The van der Waals surface area contributed by atoms with Crippen LogP contribution in [0.5, 0.6) is 5.75 Å². The minimum absolute atomic E-state index is 0.101. The van der Waals surface area contributed by atoms with Crippen molar-refractivity contribution in [1.29, 1.82) is 0 Å². The molecule has 0 saturated heterocycles. The van der Waals surface area contributed by atoms with E-state index in [-0.39, 0.29) is 17.3 Å². The fraction of sp³-hybridized carbons (Fsp3) is 0.462. The number of hydrogen-bond acceptors (Lipinski definition) is 2. The molecule has 1 aliphatic carbocycles. The van der Waals surface area contributed by atoms with Crippen LogP contribution in [0.15, 0.2) is 18.2 Å². The van der Waals surface area contributed by atoms with Gasteiger partial charge in [0.1, 0.15) is 17.6 Å². The zero-order valence-corrected chi connectivity index (χ0v) is 11.3. The van der Waals surface area contributed by atoms with Gasteiger partial charge in [0, 0.05) is 17.5 Å². The van der Waals surface area contributed by atoms with Gasteiger partial charge in [-0.1, -0.05) is 30.1 Å². The molecule has 92 valence electrons. The summed E-state index contributed by atoms with van der Waals surface area (Å²) in [6.07, 6.45) is 1.12. The number of ketones is 1. The smallest absolute Gasteiger partial charge is 0.146 e. The van der Waals surface area contributed by atoms with Crippen molar-refractivity contribution < 1.29 is 9.53 Å². The van der Waals surface area contributed by atoms with Crippen LogP contribution in [-0.4, -0.2) is 11.9 Å². The Morgan fingerprint density at radius 3 is 2.76 bits per heavy atom. The molecule has 2 nitrogen and oxygen atoms in total. The van der Waals surface area contributed by atoms with Gasteiger partial charge in [-0.2, -0.15) is 0 Å². The van der Waals surface area contributed by atoms with Crippen LogP contribution in [0.3, 0.4) is 0 Å². The van der Waals surface area contributed by atoms with Crippen LogP contribution in [0.1, 0.15) is 26.7 Å². The average Bonchev–Trinajstić information content (AvgIpc) is 2.32. The average molecular weight is 273 g/mol. The molecule has 0 N–H and O–H groups in total. The highest BCUT2D eigenvalue weighted by Crippen LogP contribution is 2.43. The summed E-state index contributed by atoms with van der Waals surface area (Å²) in [5.41, 5.74) is -0.383. The van der Waals surface area contributed by atoms with E-state index >= 15 is 0 Å². The van der Waals surface area contributed by atoms with Crippen LogP contribution in [0, 0.1) is 5.41 Å². The van der Waals surface area contributed by atoms with Gasteiger partial charge in [0.25, 0.3) is 0 Å². The van der Waals surface area contributed by atoms with E-state index in [4.69, 9.17) is 27.9 Å². The lowest BCUT2D eigenvalue weighted by atomic mass is 9.64. The van der Waals surface area contributed by atoms with Crippen molar-refractivity contribution in [2.45, 2.75) is 32.8 Å². The Balaban J connectivity index is 2.17.